The number of allylic oxidation sites excluding steroid dienone is 2. The summed E-state index contributed by atoms with van der Waals surface area (Å²) in [4.78, 5) is 84.0. The van der Waals surface area contributed by atoms with Crippen molar-refractivity contribution in [3.05, 3.63) is 81.6 Å². The Bertz CT molecular complexity index is 2070. The second kappa shape index (κ2) is 21.4. The van der Waals surface area contributed by atoms with Crippen LogP contribution in [0.3, 0.4) is 0 Å². The van der Waals surface area contributed by atoms with E-state index in [0.29, 0.717) is 50.2 Å². The van der Waals surface area contributed by atoms with Crippen LogP contribution in [-0.2, 0) is 28.7 Å². The van der Waals surface area contributed by atoms with E-state index >= 15 is 0 Å². The summed E-state index contributed by atoms with van der Waals surface area (Å²) < 4.78 is 14.9. The van der Waals surface area contributed by atoms with Crippen LogP contribution < -0.4 is 26.2 Å². The molecule has 0 bridgehead atoms. The van der Waals surface area contributed by atoms with Gasteiger partial charge in [-0.1, -0.05) is 77.2 Å². The highest BCUT2D eigenvalue weighted by atomic mass is 127. The van der Waals surface area contributed by atoms with Crippen molar-refractivity contribution in [2.24, 2.45) is 17.8 Å². The molecule has 1 aliphatic carbocycles. The van der Waals surface area contributed by atoms with Gasteiger partial charge >= 0.3 is 12.2 Å². The van der Waals surface area contributed by atoms with Gasteiger partial charge in [-0.3, -0.25) is 19.2 Å². The van der Waals surface area contributed by atoms with Gasteiger partial charge < -0.3 is 45.4 Å². The molecular weight excluding hydrogens is 917 g/mol. The van der Waals surface area contributed by atoms with E-state index in [1.54, 1.807) is 9.80 Å². The summed E-state index contributed by atoms with van der Waals surface area (Å²) in [5, 5.41) is 11.4. The highest BCUT2D eigenvalue weighted by Crippen LogP contribution is 2.44. The smallest absolute Gasteiger partial charge is 0.407 e. The summed E-state index contributed by atoms with van der Waals surface area (Å²) in [6, 6.07) is 14.0. The Balaban J connectivity index is 1.12. The first-order chi connectivity index (χ1) is 30.2. The number of benzene rings is 2. The zero-order valence-electron chi connectivity index (χ0n) is 37.1. The molecule has 0 saturated carbocycles. The minimum absolute atomic E-state index is 0.0750. The van der Waals surface area contributed by atoms with Gasteiger partial charge in [0.1, 0.15) is 24.2 Å². The van der Waals surface area contributed by atoms with Crippen LogP contribution in [0.4, 0.5) is 21.0 Å². The SMILES string of the molecule is C=Ic1ccc(N2[C@@H](c3ccc(NC(=O)[C@@H]4CCCN4C(=O)[C@@H](NC(=O)OC)C(C)C)cc3)CC[C@H]2C2C=CC(NC(=O)[C@@H]3CCCN3C(=O)[C@@H](NC(=O)OC)C(C)C)=CC2)cc1. The zero-order valence-corrected chi connectivity index (χ0v) is 39.3. The third-order valence-electron chi connectivity index (χ3n) is 12.6. The maximum atomic E-state index is 13.6. The van der Waals surface area contributed by atoms with Crippen LogP contribution in [0.25, 0.3) is 0 Å². The average Bonchev–Trinajstić information content (AvgIpc) is 4.08. The standard InChI is InChI=1S/C47H62IN7O8/c1-28(2)40(51-46(60)62-6)44(58)53-26-8-10-38(53)42(56)49-33-18-12-30(13-19-33)36-24-25-37(55(36)35-22-16-32(48-5)17-23-35)31-14-20-34(21-15-31)50-43(57)39-11-9-27-54(39)45(59)41(29(3)4)52-47(61)63-7/h12-14,16-23,28-29,31,36-41H,5,8-11,15,24-27H2,1-4,6-7H3,(H,49,56)(H,50,57)(H,51,60)(H,52,61)/t31?,36-,37+,38+,39+,40+,41+/m1/s1. The second-order valence-electron chi connectivity index (χ2n) is 17.3. The first-order valence-electron chi connectivity index (χ1n) is 21.9. The number of hydrogen-bond donors (Lipinski definition) is 4. The van der Waals surface area contributed by atoms with E-state index in [1.807, 2.05) is 45.9 Å². The van der Waals surface area contributed by atoms with Crippen LogP contribution in [0, 0.1) is 21.3 Å². The van der Waals surface area contributed by atoms with Crippen LogP contribution in [-0.4, -0.2) is 108 Å². The monoisotopic (exact) mass is 979 g/mol. The number of hydrogen-bond acceptors (Lipinski definition) is 9. The number of halogens is 1. The highest BCUT2D eigenvalue weighted by Gasteiger charge is 2.42. The van der Waals surface area contributed by atoms with E-state index in [9.17, 15) is 28.8 Å². The van der Waals surface area contributed by atoms with E-state index in [-0.39, 0.29) is 74.2 Å². The number of methoxy groups -OCH3 is 2. The maximum absolute atomic E-state index is 13.6. The molecule has 6 rings (SSSR count). The molecule has 340 valence electrons. The number of anilines is 2. The van der Waals surface area contributed by atoms with Gasteiger partial charge in [0.2, 0.25) is 23.6 Å². The largest absolute Gasteiger partial charge is 0.453 e. The fourth-order valence-corrected chi connectivity index (χ4v) is 10.1. The van der Waals surface area contributed by atoms with Crippen molar-refractivity contribution in [1.29, 1.82) is 0 Å². The molecule has 3 fully saturated rings. The molecule has 63 heavy (non-hydrogen) atoms. The summed E-state index contributed by atoms with van der Waals surface area (Å²) in [7, 11) is 2.51. The van der Waals surface area contributed by atoms with Crippen molar-refractivity contribution in [2.75, 3.05) is 37.5 Å². The van der Waals surface area contributed by atoms with E-state index < -0.39 is 36.4 Å². The van der Waals surface area contributed by atoms with Crippen LogP contribution in [0.2, 0.25) is 0 Å². The first-order valence-corrected chi connectivity index (χ1v) is 24.5. The van der Waals surface area contributed by atoms with Gasteiger partial charge in [-0.15, -0.1) is 0 Å². The van der Waals surface area contributed by atoms with E-state index in [2.05, 4.69) is 79.2 Å². The van der Waals surface area contributed by atoms with Gasteiger partial charge in [0.15, 0.2) is 0 Å². The molecule has 3 heterocycles. The molecule has 15 nitrogen and oxygen atoms in total. The average molecular weight is 980 g/mol. The first kappa shape index (κ1) is 47.2. The quantitative estimate of drug-likeness (QED) is 0.160. The highest BCUT2D eigenvalue weighted by molar-refractivity contribution is 14.2. The number of amides is 6. The molecule has 0 aromatic heterocycles. The molecule has 0 radical (unpaired) electrons. The molecule has 4 aliphatic rings. The van der Waals surface area contributed by atoms with Crippen molar-refractivity contribution in [1.82, 2.24) is 25.8 Å². The van der Waals surface area contributed by atoms with Gasteiger partial charge in [0, 0.05) is 45.7 Å². The lowest BCUT2D eigenvalue weighted by Gasteiger charge is -2.37. The number of likely N-dealkylation sites (tertiary alicyclic amines) is 2. The topological polar surface area (TPSA) is 179 Å². The fourth-order valence-electron chi connectivity index (χ4n) is 9.28. The van der Waals surface area contributed by atoms with Crippen LogP contribution in [0.15, 0.2) is 72.5 Å². The maximum Gasteiger partial charge on any atom is 0.407 e. The Labute approximate surface area is 380 Å². The Kier molecular flexibility index (Phi) is 16.0. The van der Waals surface area contributed by atoms with Gasteiger partial charge in [-0.25, -0.2) is 9.59 Å². The molecule has 3 aliphatic heterocycles. The predicted molar refractivity (Wildman–Crippen MR) is 251 cm³/mol. The number of rotatable bonds is 14. The van der Waals surface area contributed by atoms with Gasteiger partial charge in [0.05, 0.1) is 20.3 Å². The molecule has 4 N–H and O–H groups in total. The number of ether oxygens (including phenoxy) is 2. The van der Waals surface area contributed by atoms with E-state index in [4.69, 9.17) is 9.47 Å². The predicted octanol–water partition coefficient (Wildman–Crippen LogP) is 6.23. The molecule has 3 saturated heterocycles. The number of carbonyl (C=O) groups is 6. The normalized spacial score (nSPS) is 23.0. The second-order valence-corrected chi connectivity index (χ2v) is 19.3. The van der Waals surface area contributed by atoms with Crippen LogP contribution in [0.1, 0.15) is 84.2 Å². The Morgan fingerprint density at radius 2 is 1.25 bits per heavy atom. The van der Waals surface area contributed by atoms with Crippen LogP contribution in [0.5, 0.6) is 0 Å². The fraction of sp³-hybridized carbons (Fsp3) is 0.511. The third-order valence-corrected chi connectivity index (χ3v) is 14.2. The molecule has 2 aromatic rings. The molecule has 6 amide bonds. The van der Waals surface area contributed by atoms with Gasteiger partial charge in [0.25, 0.3) is 0 Å². The number of carbonyl (C=O) groups excluding carboxylic acids is 6. The van der Waals surface area contributed by atoms with Crippen molar-refractivity contribution in [3.63, 3.8) is 0 Å². The van der Waals surface area contributed by atoms with E-state index in [0.717, 1.165) is 30.5 Å². The molecule has 16 heteroatoms. The van der Waals surface area contributed by atoms with Gasteiger partial charge in [-0.05, 0) is 105 Å². The number of nitrogens with zero attached hydrogens (tertiary/aromatic N) is 3. The molecule has 1 unspecified atom stereocenters. The summed E-state index contributed by atoms with van der Waals surface area (Å²) >= 11 is -0.308. The van der Waals surface area contributed by atoms with E-state index in [1.165, 1.54) is 17.8 Å². The Morgan fingerprint density at radius 1 is 0.714 bits per heavy atom. The van der Waals surface area contributed by atoms with Crippen molar-refractivity contribution in [3.8, 4) is 0 Å². The zero-order chi connectivity index (χ0) is 45.4. The minimum atomic E-state index is -0.808. The van der Waals surface area contributed by atoms with Crippen molar-refractivity contribution >= 4 is 72.4 Å². The lowest BCUT2D eigenvalue weighted by atomic mass is 9.90. The Hall–Kier alpha value is -5.26. The van der Waals surface area contributed by atoms with Crippen molar-refractivity contribution in [2.45, 2.75) is 109 Å². The summed E-state index contributed by atoms with van der Waals surface area (Å²) in [6.45, 7) is 8.24. The minimum Gasteiger partial charge on any atom is -0.453 e. The lowest BCUT2D eigenvalue weighted by Crippen LogP contribution is -2.55. The molecule has 7 atom stereocenters. The van der Waals surface area contributed by atoms with Gasteiger partial charge in [-0.2, -0.15) is 0 Å². The third kappa shape index (κ3) is 11.1. The van der Waals surface area contributed by atoms with Crippen molar-refractivity contribution < 1.29 is 38.2 Å². The van der Waals surface area contributed by atoms with Crippen LogP contribution >= 0.6 is 20.7 Å². The molecular formula is C47H62IN7O8. The Morgan fingerprint density at radius 3 is 1.73 bits per heavy atom. The molecule has 2 aromatic carbocycles. The summed E-state index contributed by atoms with van der Waals surface area (Å²) in [5.74, 6) is -1.32. The lowest BCUT2D eigenvalue weighted by molar-refractivity contribution is -0.140. The summed E-state index contributed by atoms with van der Waals surface area (Å²) in [5.41, 5.74) is 3.58. The summed E-state index contributed by atoms with van der Waals surface area (Å²) in [6.07, 6.45) is 9.87. The molecule has 0 spiro atoms. The number of nitrogens with one attached hydrogen (secondary N) is 4. The number of alkyl carbamates (subject to hydrolysis) is 2.